The van der Waals surface area contributed by atoms with E-state index in [1.54, 1.807) is 13.0 Å². The summed E-state index contributed by atoms with van der Waals surface area (Å²) in [7, 11) is 1.53. The van der Waals surface area contributed by atoms with Crippen LogP contribution in [-0.4, -0.2) is 18.9 Å². The standard InChI is InChI=1S/C13H18N2O3/c1-8-4-5-11(18-3)10(6-8)15-12(16)7-9(2)13(14)17/h4-6,9H,7H2,1-3H3,(H2,14,17)(H,15,16). The Balaban J connectivity index is 2.75. The van der Waals surface area contributed by atoms with E-state index in [2.05, 4.69) is 5.32 Å². The van der Waals surface area contributed by atoms with E-state index in [0.717, 1.165) is 5.56 Å². The number of rotatable bonds is 5. The molecule has 1 atom stereocenters. The van der Waals surface area contributed by atoms with Gasteiger partial charge < -0.3 is 15.8 Å². The number of anilines is 1. The normalized spacial score (nSPS) is 11.7. The average Bonchev–Trinajstić information content (AvgIpc) is 2.28. The zero-order valence-electron chi connectivity index (χ0n) is 10.8. The number of nitrogens with one attached hydrogen (secondary N) is 1. The Labute approximate surface area is 106 Å². The van der Waals surface area contributed by atoms with Gasteiger partial charge in [-0.1, -0.05) is 13.0 Å². The molecule has 1 unspecified atom stereocenters. The van der Waals surface area contributed by atoms with E-state index in [-0.39, 0.29) is 12.3 Å². The Morgan fingerprint density at radius 3 is 2.67 bits per heavy atom. The largest absolute Gasteiger partial charge is 0.495 e. The van der Waals surface area contributed by atoms with Crippen molar-refractivity contribution in [3.05, 3.63) is 23.8 Å². The van der Waals surface area contributed by atoms with Crippen LogP contribution in [0.2, 0.25) is 0 Å². The first-order valence-electron chi connectivity index (χ1n) is 5.68. The van der Waals surface area contributed by atoms with Gasteiger partial charge in [-0.3, -0.25) is 9.59 Å². The van der Waals surface area contributed by atoms with Gasteiger partial charge >= 0.3 is 0 Å². The summed E-state index contributed by atoms with van der Waals surface area (Å²) in [4.78, 5) is 22.6. The summed E-state index contributed by atoms with van der Waals surface area (Å²) in [5.41, 5.74) is 6.72. The third kappa shape index (κ3) is 3.76. The summed E-state index contributed by atoms with van der Waals surface area (Å²) in [6.07, 6.45) is 0.0619. The molecule has 0 heterocycles. The maximum atomic E-state index is 11.7. The molecule has 5 heteroatoms. The van der Waals surface area contributed by atoms with E-state index in [9.17, 15) is 9.59 Å². The van der Waals surface area contributed by atoms with Crippen LogP contribution in [-0.2, 0) is 9.59 Å². The topological polar surface area (TPSA) is 81.4 Å². The smallest absolute Gasteiger partial charge is 0.225 e. The van der Waals surface area contributed by atoms with Gasteiger partial charge in [0, 0.05) is 12.3 Å². The minimum Gasteiger partial charge on any atom is -0.495 e. The summed E-state index contributed by atoms with van der Waals surface area (Å²) >= 11 is 0. The molecule has 0 aliphatic heterocycles. The van der Waals surface area contributed by atoms with Gasteiger partial charge in [0.15, 0.2) is 0 Å². The van der Waals surface area contributed by atoms with Crippen LogP contribution >= 0.6 is 0 Å². The Kier molecular flexibility index (Phi) is 4.71. The highest BCUT2D eigenvalue weighted by Gasteiger charge is 2.15. The van der Waals surface area contributed by atoms with E-state index in [1.165, 1.54) is 7.11 Å². The van der Waals surface area contributed by atoms with Crippen LogP contribution < -0.4 is 15.8 Å². The van der Waals surface area contributed by atoms with Gasteiger partial charge in [-0.25, -0.2) is 0 Å². The third-order valence-electron chi connectivity index (χ3n) is 2.61. The van der Waals surface area contributed by atoms with E-state index >= 15 is 0 Å². The number of hydrogen-bond donors (Lipinski definition) is 2. The molecule has 98 valence electrons. The molecule has 0 saturated carbocycles. The number of benzene rings is 1. The van der Waals surface area contributed by atoms with Crippen LogP contribution in [0.3, 0.4) is 0 Å². The number of hydrogen-bond acceptors (Lipinski definition) is 3. The van der Waals surface area contributed by atoms with Crippen molar-refractivity contribution in [3.63, 3.8) is 0 Å². The van der Waals surface area contributed by atoms with Gasteiger partial charge in [0.1, 0.15) is 5.75 Å². The van der Waals surface area contributed by atoms with Gasteiger partial charge in [-0.2, -0.15) is 0 Å². The molecular formula is C13H18N2O3. The minimum absolute atomic E-state index is 0.0619. The fraction of sp³-hybridized carbons (Fsp3) is 0.385. The highest BCUT2D eigenvalue weighted by molar-refractivity contribution is 5.95. The molecule has 1 aromatic carbocycles. The van der Waals surface area contributed by atoms with Crippen molar-refractivity contribution in [2.75, 3.05) is 12.4 Å². The molecule has 0 saturated heterocycles. The molecule has 5 nitrogen and oxygen atoms in total. The lowest BCUT2D eigenvalue weighted by molar-refractivity contribution is -0.125. The second-order valence-corrected chi connectivity index (χ2v) is 4.26. The zero-order chi connectivity index (χ0) is 13.7. The molecule has 0 radical (unpaired) electrons. The predicted molar refractivity (Wildman–Crippen MR) is 69.3 cm³/mol. The lowest BCUT2D eigenvalue weighted by Gasteiger charge is -2.12. The number of methoxy groups -OCH3 is 1. The summed E-state index contributed by atoms with van der Waals surface area (Å²) in [6, 6.07) is 5.48. The van der Waals surface area contributed by atoms with Crippen LogP contribution in [0.15, 0.2) is 18.2 Å². The van der Waals surface area contributed by atoms with Crippen molar-refractivity contribution in [2.45, 2.75) is 20.3 Å². The molecule has 0 aliphatic carbocycles. The van der Waals surface area contributed by atoms with Gasteiger partial charge in [0.25, 0.3) is 0 Å². The fourth-order valence-corrected chi connectivity index (χ4v) is 1.50. The molecule has 0 bridgehead atoms. The van der Waals surface area contributed by atoms with Gasteiger partial charge in [-0.05, 0) is 24.6 Å². The Morgan fingerprint density at radius 2 is 2.11 bits per heavy atom. The molecule has 18 heavy (non-hydrogen) atoms. The zero-order valence-corrected chi connectivity index (χ0v) is 10.8. The maximum Gasteiger partial charge on any atom is 0.225 e. The molecular weight excluding hydrogens is 232 g/mol. The maximum absolute atomic E-state index is 11.7. The minimum atomic E-state index is -0.485. The summed E-state index contributed by atoms with van der Waals surface area (Å²) in [5, 5.41) is 2.72. The van der Waals surface area contributed by atoms with Crippen molar-refractivity contribution < 1.29 is 14.3 Å². The Morgan fingerprint density at radius 1 is 1.44 bits per heavy atom. The Bertz CT molecular complexity index is 458. The van der Waals surface area contributed by atoms with Crippen molar-refractivity contribution >= 4 is 17.5 Å². The van der Waals surface area contributed by atoms with Crippen LogP contribution in [0.1, 0.15) is 18.9 Å². The molecule has 2 amide bonds. The first-order valence-corrected chi connectivity index (χ1v) is 5.68. The molecule has 0 aromatic heterocycles. The highest BCUT2D eigenvalue weighted by Crippen LogP contribution is 2.25. The number of aryl methyl sites for hydroxylation is 1. The van der Waals surface area contributed by atoms with Gasteiger partial charge in [-0.15, -0.1) is 0 Å². The number of carbonyl (C=O) groups excluding carboxylic acids is 2. The number of carbonyl (C=O) groups is 2. The van der Waals surface area contributed by atoms with E-state index in [1.807, 2.05) is 19.1 Å². The summed E-state index contributed by atoms with van der Waals surface area (Å²) in [5.74, 6) is -0.645. The lowest BCUT2D eigenvalue weighted by Crippen LogP contribution is -2.25. The molecule has 3 N–H and O–H groups in total. The van der Waals surface area contributed by atoms with Gasteiger partial charge in [0.05, 0.1) is 12.8 Å². The second-order valence-electron chi connectivity index (χ2n) is 4.26. The van der Waals surface area contributed by atoms with Crippen LogP contribution in [0.5, 0.6) is 5.75 Å². The molecule has 0 spiro atoms. The summed E-state index contributed by atoms with van der Waals surface area (Å²) in [6.45, 7) is 3.54. The SMILES string of the molecule is COc1ccc(C)cc1NC(=O)CC(C)C(N)=O. The molecule has 1 rings (SSSR count). The number of ether oxygens (including phenoxy) is 1. The molecule has 0 fully saturated rings. The number of amides is 2. The van der Waals surface area contributed by atoms with Crippen LogP contribution in [0, 0.1) is 12.8 Å². The lowest BCUT2D eigenvalue weighted by atomic mass is 10.1. The molecule has 0 aliphatic rings. The van der Waals surface area contributed by atoms with E-state index in [4.69, 9.17) is 10.5 Å². The first kappa shape index (κ1) is 14.0. The molecule has 1 aromatic rings. The highest BCUT2D eigenvalue weighted by atomic mass is 16.5. The van der Waals surface area contributed by atoms with Crippen molar-refractivity contribution in [2.24, 2.45) is 11.7 Å². The van der Waals surface area contributed by atoms with Crippen LogP contribution in [0.4, 0.5) is 5.69 Å². The number of nitrogens with two attached hydrogens (primary N) is 1. The van der Waals surface area contributed by atoms with Crippen LogP contribution in [0.25, 0.3) is 0 Å². The van der Waals surface area contributed by atoms with Crippen molar-refractivity contribution in [1.29, 1.82) is 0 Å². The first-order chi connectivity index (χ1) is 8.43. The monoisotopic (exact) mass is 250 g/mol. The number of primary amides is 1. The average molecular weight is 250 g/mol. The van der Waals surface area contributed by atoms with Crippen molar-refractivity contribution in [3.8, 4) is 5.75 Å². The Hall–Kier alpha value is -2.04. The predicted octanol–water partition coefficient (Wildman–Crippen LogP) is 1.45. The summed E-state index contributed by atoms with van der Waals surface area (Å²) < 4.78 is 5.15. The van der Waals surface area contributed by atoms with Crippen molar-refractivity contribution in [1.82, 2.24) is 0 Å². The second kappa shape index (κ2) is 6.05. The van der Waals surface area contributed by atoms with Gasteiger partial charge in [0.2, 0.25) is 11.8 Å². The van der Waals surface area contributed by atoms with E-state index < -0.39 is 11.8 Å². The van der Waals surface area contributed by atoms with E-state index in [0.29, 0.717) is 11.4 Å². The quantitative estimate of drug-likeness (QED) is 0.830. The third-order valence-corrected chi connectivity index (χ3v) is 2.61. The fourth-order valence-electron chi connectivity index (χ4n) is 1.50.